The zero-order valence-corrected chi connectivity index (χ0v) is 16.3. The van der Waals surface area contributed by atoms with Gasteiger partial charge in [0, 0.05) is 21.5 Å². The van der Waals surface area contributed by atoms with Crippen molar-refractivity contribution in [3.8, 4) is 11.5 Å². The highest BCUT2D eigenvalue weighted by molar-refractivity contribution is 9.10. The predicted octanol–water partition coefficient (Wildman–Crippen LogP) is 5.64. The van der Waals surface area contributed by atoms with Gasteiger partial charge >= 0.3 is 0 Å². The average Bonchev–Trinajstić information content (AvgIpc) is 3.32. The molecule has 0 spiro atoms. The lowest BCUT2D eigenvalue weighted by Crippen LogP contribution is -2.33. The molecule has 2 aliphatic rings. The number of hydrogen-bond acceptors (Lipinski definition) is 5. The van der Waals surface area contributed by atoms with Crippen molar-refractivity contribution in [2.24, 2.45) is 5.10 Å². The van der Waals surface area contributed by atoms with Gasteiger partial charge in [0.05, 0.1) is 17.9 Å². The van der Waals surface area contributed by atoms with Crippen LogP contribution in [0.15, 0.2) is 68.8 Å². The summed E-state index contributed by atoms with van der Waals surface area (Å²) in [5.74, 6) is 1.61. The molecule has 0 bridgehead atoms. The van der Waals surface area contributed by atoms with Crippen LogP contribution >= 0.6 is 27.5 Å². The molecule has 2 aliphatic heterocycles. The molecule has 0 amide bonds. The number of nitrogens with zero attached hydrogens (tertiary/aromatic N) is 2. The van der Waals surface area contributed by atoms with E-state index in [1.54, 1.807) is 24.5 Å². The van der Waals surface area contributed by atoms with E-state index in [0.29, 0.717) is 17.0 Å². The molecule has 27 heavy (non-hydrogen) atoms. The zero-order chi connectivity index (χ0) is 18.5. The van der Waals surface area contributed by atoms with Gasteiger partial charge in [0.1, 0.15) is 23.0 Å². The smallest absolute Gasteiger partial charge is 0.217 e. The molecule has 3 heterocycles. The molecule has 3 aromatic rings. The molecule has 0 fully saturated rings. The summed E-state index contributed by atoms with van der Waals surface area (Å²) in [4.78, 5) is 0. The van der Waals surface area contributed by atoms with Crippen molar-refractivity contribution in [1.29, 1.82) is 0 Å². The Morgan fingerprint density at radius 1 is 1.15 bits per heavy atom. The first-order valence-corrected chi connectivity index (χ1v) is 9.61. The van der Waals surface area contributed by atoms with E-state index < -0.39 is 6.23 Å². The second kappa shape index (κ2) is 6.32. The predicted molar refractivity (Wildman–Crippen MR) is 105 cm³/mol. The first kappa shape index (κ1) is 16.7. The van der Waals surface area contributed by atoms with Gasteiger partial charge < -0.3 is 14.3 Å². The van der Waals surface area contributed by atoms with Gasteiger partial charge in [-0.1, -0.05) is 27.5 Å². The maximum atomic E-state index is 10.4. The van der Waals surface area contributed by atoms with Gasteiger partial charge in [-0.3, -0.25) is 0 Å². The Balaban J connectivity index is 1.65. The van der Waals surface area contributed by atoms with Crippen LogP contribution in [0.5, 0.6) is 11.5 Å². The van der Waals surface area contributed by atoms with Gasteiger partial charge in [-0.15, -0.1) is 0 Å². The summed E-state index contributed by atoms with van der Waals surface area (Å²) in [5, 5.41) is 17.6. The van der Waals surface area contributed by atoms with Crippen molar-refractivity contribution in [1.82, 2.24) is 5.01 Å². The van der Waals surface area contributed by atoms with E-state index in [9.17, 15) is 5.11 Å². The van der Waals surface area contributed by atoms with E-state index in [1.807, 2.05) is 35.3 Å². The van der Waals surface area contributed by atoms with Crippen molar-refractivity contribution >= 4 is 33.2 Å². The molecule has 1 aromatic heterocycles. The lowest BCUT2D eigenvalue weighted by atomic mass is 9.97. The number of fused-ring (bicyclic) bond motifs is 3. The summed E-state index contributed by atoms with van der Waals surface area (Å²) in [6.07, 6.45) is 1.73. The first-order chi connectivity index (χ1) is 13.1. The SMILES string of the molecule is Oc1ccc(Cl)cc1[C@H]1Oc2ccc(Br)cc2[C@@H]2CC(c3ccco3)=NN12. The first-order valence-electron chi connectivity index (χ1n) is 8.44. The van der Waals surface area contributed by atoms with Crippen LogP contribution in [0.3, 0.4) is 0 Å². The summed E-state index contributed by atoms with van der Waals surface area (Å²) in [5.41, 5.74) is 2.45. The third-order valence-electron chi connectivity index (χ3n) is 4.81. The van der Waals surface area contributed by atoms with Crippen LogP contribution in [0.25, 0.3) is 0 Å². The number of rotatable bonds is 2. The number of ether oxygens (including phenoxy) is 1. The van der Waals surface area contributed by atoms with Crippen molar-refractivity contribution in [2.45, 2.75) is 18.7 Å². The molecule has 0 aliphatic carbocycles. The van der Waals surface area contributed by atoms with Crippen LogP contribution in [0.4, 0.5) is 0 Å². The summed E-state index contributed by atoms with van der Waals surface area (Å²) < 4.78 is 12.8. The molecule has 2 atom stereocenters. The lowest BCUT2D eigenvalue weighted by molar-refractivity contribution is -0.0203. The van der Waals surface area contributed by atoms with E-state index in [-0.39, 0.29) is 11.8 Å². The Morgan fingerprint density at radius 2 is 2.04 bits per heavy atom. The van der Waals surface area contributed by atoms with Gasteiger partial charge in [-0.05, 0) is 48.5 Å². The van der Waals surface area contributed by atoms with Crippen molar-refractivity contribution in [3.63, 3.8) is 0 Å². The third-order valence-corrected chi connectivity index (χ3v) is 5.54. The summed E-state index contributed by atoms with van der Waals surface area (Å²) in [6.45, 7) is 0. The van der Waals surface area contributed by atoms with Gasteiger partial charge in [0.15, 0.2) is 0 Å². The molecule has 0 unspecified atom stereocenters. The van der Waals surface area contributed by atoms with Crippen LogP contribution in [-0.4, -0.2) is 15.8 Å². The minimum absolute atomic E-state index is 0.0327. The Bertz CT molecular complexity index is 1050. The number of phenols is 1. The normalized spacial score (nSPS) is 20.7. The van der Waals surface area contributed by atoms with Crippen LogP contribution in [-0.2, 0) is 0 Å². The monoisotopic (exact) mass is 444 g/mol. The number of halogens is 2. The van der Waals surface area contributed by atoms with Crippen molar-refractivity contribution in [3.05, 3.63) is 81.2 Å². The quantitative estimate of drug-likeness (QED) is 0.554. The molecular weight excluding hydrogens is 432 g/mol. The number of benzene rings is 2. The second-order valence-corrected chi connectivity index (χ2v) is 7.83. The molecule has 136 valence electrons. The van der Waals surface area contributed by atoms with E-state index in [1.165, 1.54) is 0 Å². The largest absolute Gasteiger partial charge is 0.507 e. The summed E-state index contributed by atoms with van der Waals surface area (Å²) in [6, 6.07) is 14.5. The van der Waals surface area contributed by atoms with Crippen LogP contribution in [0.1, 0.15) is 35.6 Å². The Hall–Kier alpha value is -2.44. The maximum absolute atomic E-state index is 10.4. The minimum atomic E-state index is -0.588. The maximum Gasteiger partial charge on any atom is 0.217 e. The van der Waals surface area contributed by atoms with Gasteiger partial charge in [0.25, 0.3) is 0 Å². The highest BCUT2D eigenvalue weighted by Crippen LogP contribution is 2.49. The van der Waals surface area contributed by atoms with Crippen LogP contribution < -0.4 is 4.74 Å². The fraction of sp³-hybridized carbons (Fsp3) is 0.150. The molecule has 5 rings (SSSR count). The second-order valence-electron chi connectivity index (χ2n) is 6.48. The Kier molecular flexibility index (Phi) is 3.91. The topological polar surface area (TPSA) is 58.2 Å². The van der Waals surface area contributed by atoms with E-state index in [0.717, 1.165) is 27.3 Å². The van der Waals surface area contributed by atoms with Gasteiger partial charge in [0.2, 0.25) is 6.23 Å². The Labute approximate surface area is 168 Å². The van der Waals surface area contributed by atoms with E-state index in [2.05, 4.69) is 15.9 Å². The fourth-order valence-electron chi connectivity index (χ4n) is 3.58. The number of aromatic hydroxyl groups is 1. The molecule has 0 saturated heterocycles. The van der Waals surface area contributed by atoms with Crippen molar-refractivity contribution < 1.29 is 14.3 Å². The minimum Gasteiger partial charge on any atom is -0.507 e. The van der Waals surface area contributed by atoms with Gasteiger partial charge in [-0.2, -0.15) is 5.10 Å². The third kappa shape index (κ3) is 2.80. The van der Waals surface area contributed by atoms with Gasteiger partial charge in [-0.25, -0.2) is 5.01 Å². The number of phenolic OH excluding ortho intramolecular Hbond substituents is 1. The number of furan rings is 1. The molecule has 5 nitrogen and oxygen atoms in total. The fourth-order valence-corrected chi connectivity index (χ4v) is 4.14. The van der Waals surface area contributed by atoms with Crippen LogP contribution in [0, 0.1) is 0 Å². The molecule has 0 radical (unpaired) electrons. The Morgan fingerprint density at radius 3 is 2.85 bits per heavy atom. The number of hydrazone groups is 1. The highest BCUT2D eigenvalue weighted by atomic mass is 79.9. The van der Waals surface area contributed by atoms with Crippen molar-refractivity contribution in [2.75, 3.05) is 0 Å². The van der Waals surface area contributed by atoms with E-state index in [4.69, 9.17) is 25.9 Å². The lowest BCUT2D eigenvalue weighted by Gasteiger charge is -2.38. The molecule has 1 N–H and O–H groups in total. The molecule has 2 aromatic carbocycles. The van der Waals surface area contributed by atoms with Crippen LogP contribution in [0.2, 0.25) is 5.02 Å². The number of hydrogen-bond donors (Lipinski definition) is 1. The summed E-state index contributed by atoms with van der Waals surface area (Å²) >= 11 is 9.70. The average molecular weight is 446 g/mol. The zero-order valence-electron chi connectivity index (χ0n) is 14.0. The molecule has 0 saturated carbocycles. The molecular formula is C20H14BrClN2O3. The molecule has 7 heteroatoms. The summed E-state index contributed by atoms with van der Waals surface area (Å²) in [7, 11) is 0. The van der Waals surface area contributed by atoms with E-state index >= 15 is 0 Å². The highest BCUT2D eigenvalue weighted by Gasteiger charge is 2.42. The standard InChI is InChI=1S/C20H14BrClN2O3/c21-11-3-6-18-13(8-11)16-10-15(19-2-1-7-26-19)23-24(16)20(27-18)14-9-12(22)4-5-17(14)25/h1-9,16,20,25H,10H2/t16-,20+/m0/s1.